The van der Waals surface area contributed by atoms with Crippen LogP contribution in [0.1, 0.15) is 17.3 Å². The number of hydrogen-bond donors (Lipinski definition) is 0. The first-order valence-corrected chi connectivity index (χ1v) is 5.96. The van der Waals surface area contributed by atoms with Gasteiger partial charge >= 0.3 is 0 Å². The summed E-state index contributed by atoms with van der Waals surface area (Å²) in [5, 5.41) is 0. The van der Waals surface area contributed by atoms with Crippen LogP contribution in [0, 0.1) is 0 Å². The second kappa shape index (κ2) is 5.05. The number of rotatable bonds is 3. The van der Waals surface area contributed by atoms with Crippen molar-refractivity contribution in [2.45, 2.75) is 6.92 Å². The van der Waals surface area contributed by atoms with Gasteiger partial charge in [-0.05, 0) is 30.2 Å². The van der Waals surface area contributed by atoms with Gasteiger partial charge in [-0.3, -0.25) is 4.79 Å². The molecule has 0 amide bonds. The topological polar surface area (TPSA) is 20.3 Å². The lowest BCUT2D eigenvalue weighted by molar-refractivity contribution is 0.101. The molecule has 18 heavy (non-hydrogen) atoms. The van der Waals surface area contributed by atoms with Crippen LogP contribution in [-0.2, 0) is 0 Å². The van der Waals surface area contributed by atoms with Gasteiger partial charge in [0.1, 0.15) is 0 Å². The normalized spacial score (nSPS) is 10.2. The Morgan fingerprint density at radius 1 is 0.944 bits per heavy atom. The number of Topliss-reactive ketones (excluding diaryl/α,β-unsaturated/α-hetero) is 1. The Bertz CT molecular complexity index is 556. The number of carbonyl (C=O) groups excluding carboxylic acids is 1. The molecule has 0 radical (unpaired) electrons. The van der Waals surface area contributed by atoms with Crippen molar-refractivity contribution in [2.24, 2.45) is 0 Å². The summed E-state index contributed by atoms with van der Waals surface area (Å²) in [6.07, 6.45) is 0. The van der Waals surface area contributed by atoms with Crippen LogP contribution in [0.2, 0.25) is 0 Å². The smallest absolute Gasteiger partial charge is 0.159 e. The average Bonchev–Trinajstić information content (AvgIpc) is 2.39. The van der Waals surface area contributed by atoms with E-state index in [2.05, 4.69) is 23.1 Å². The second-order valence-corrected chi connectivity index (χ2v) is 4.58. The maximum Gasteiger partial charge on any atom is 0.159 e. The van der Waals surface area contributed by atoms with E-state index in [0.717, 1.165) is 16.7 Å². The standard InChI is InChI=1S/C16H17NO/c1-12(18)13-7-9-14(10-8-13)15-5-4-6-16(11-15)17(2)3/h4-11H,1-3H3. The minimum absolute atomic E-state index is 0.101. The van der Waals surface area contributed by atoms with Crippen molar-refractivity contribution in [3.05, 3.63) is 54.1 Å². The Kier molecular flexibility index (Phi) is 3.47. The van der Waals surface area contributed by atoms with Crippen LogP contribution in [0.15, 0.2) is 48.5 Å². The molecular weight excluding hydrogens is 222 g/mol. The summed E-state index contributed by atoms with van der Waals surface area (Å²) in [6, 6.07) is 16.1. The molecule has 0 saturated carbocycles. The number of nitrogens with zero attached hydrogens (tertiary/aromatic N) is 1. The zero-order valence-electron chi connectivity index (χ0n) is 11.0. The van der Waals surface area contributed by atoms with Crippen molar-refractivity contribution < 1.29 is 4.79 Å². The molecule has 92 valence electrons. The van der Waals surface area contributed by atoms with E-state index in [0.29, 0.717) is 0 Å². The van der Waals surface area contributed by atoms with Crippen LogP contribution in [0.5, 0.6) is 0 Å². The lowest BCUT2D eigenvalue weighted by atomic mass is 10.0. The van der Waals surface area contributed by atoms with Gasteiger partial charge in [0, 0.05) is 25.3 Å². The van der Waals surface area contributed by atoms with Gasteiger partial charge in [-0.1, -0.05) is 36.4 Å². The minimum atomic E-state index is 0.101. The van der Waals surface area contributed by atoms with E-state index in [1.165, 1.54) is 5.69 Å². The van der Waals surface area contributed by atoms with Crippen molar-refractivity contribution in [1.29, 1.82) is 0 Å². The SMILES string of the molecule is CC(=O)c1ccc(-c2cccc(N(C)C)c2)cc1. The van der Waals surface area contributed by atoms with E-state index in [1.807, 2.05) is 44.4 Å². The summed E-state index contributed by atoms with van der Waals surface area (Å²) >= 11 is 0. The molecular formula is C16H17NO. The van der Waals surface area contributed by atoms with Crippen LogP contribution in [0.25, 0.3) is 11.1 Å². The monoisotopic (exact) mass is 239 g/mol. The Labute approximate surface area is 108 Å². The molecule has 0 atom stereocenters. The molecule has 0 unspecified atom stereocenters. The highest BCUT2D eigenvalue weighted by atomic mass is 16.1. The first-order chi connectivity index (χ1) is 8.58. The van der Waals surface area contributed by atoms with E-state index < -0.39 is 0 Å². The molecule has 0 fully saturated rings. The third-order valence-electron chi connectivity index (χ3n) is 2.99. The number of anilines is 1. The van der Waals surface area contributed by atoms with Crippen LogP contribution in [0.4, 0.5) is 5.69 Å². The number of benzene rings is 2. The Morgan fingerprint density at radius 3 is 2.17 bits per heavy atom. The highest BCUT2D eigenvalue weighted by Crippen LogP contribution is 2.24. The molecule has 0 N–H and O–H groups in total. The van der Waals surface area contributed by atoms with E-state index in [4.69, 9.17) is 0 Å². The van der Waals surface area contributed by atoms with Crippen molar-refractivity contribution in [3.8, 4) is 11.1 Å². The molecule has 0 saturated heterocycles. The van der Waals surface area contributed by atoms with Crippen molar-refractivity contribution in [1.82, 2.24) is 0 Å². The number of ketones is 1. The van der Waals surface area contributed by atoms with E-state index in [-0.39, 0.29) is 5.78 Å². The largest absolute Gasteiger partial charge is 0.378 e. The quantitative estimate of drug-likeness (QED) is 0.762. The number of hydrogen-bond acceptors (Lipinski definition) is 2. The van der Waals surface area contributed by atoms with Crippen LogP contribution in [0.3, 0.4) is 0 Å². The second-order valence-electron chi connectivity index (χ2n) is 4.58. The summed E-state index contributed by atoms with van der Waals surface area (Å²) in [5.41, 5.74) is 4.21. The summed E-state index contributed by atoms with van der Waals surface area (Å²) in [7, 11) is 4.05. The zero-order chi connectivity index (χ0) is 13.1. The van der Waals surface area contributed by atoms with Gasteiger partial charge < -0.3 is 4.90 Å². The maximum atomic E-state index is 11.2. The molecule has 0 heterocycles. The van der Waals surface area contributed by atoms with Gasteiger partial charge in [0.2, 0.25) is 0 Å². The Hall–Kier alpha value is -2.09. The minimum Gasteiger partial charge on any atom is -0.378 e. The summed E-state index contributed by atoms with van der Waals surface area (Å²) in [4.78, 5) is 13.3. The van der Waals surface area contributed by atoms with Gasteiger partial charge in [0.15, 0.2) is 5.78 Å². The maximum absolute atomic E-state index is 11.2. The molecule has 2 aromatic carbocycles. The fraction of sp³-hybridized carbons (Fsp3) is 0.188. The Morgan fingerprint density at radius 2 is 1.61 bits per heavy atom. The predicted molar refractivity (Wildman–Crippen MR) is 76.2 cm³/mol. The summed E-state index contributed by atoms with van der Waals surface area (Å²) in [5.74, 6) is 0.101. The van der Waals surface area contributed by atoms with Crippen LogP contribution in [-0.4, -0.2) is 19.9 Å². The summed E-state index contributed by atoms with van der Waals surface area (Å²) in [6.45, 7) is 1.58. The van der Waals surface area contributed by atoms with Crippen LogP contribution >= 0.6 is 0 Å². The molecule has 0 bridgehead atoms. The molecule has 0 aromatic heterocycles. The molecule has 0 aliphatic heterocycles. The first kappa shape index (κ1) is 12.4. The summed E-state index contributed by atoms with van der Waals surface area (Å²) < 4.78 is 0. The van der Waals surface area contributed by atoms with Crippen LogP contribution < -0.4 is 4.90 Å². The van der Waals surface area contributed by atoms with Gasteiger partial charge in [0.05, 0.1) is 0 Å². The third-order valence-corrected chi connectivity index (χ3v) is 2.99. The predicted octanol–water partition coefficient (Wildman–Crippen LogP) is 3.62. The fourth-order valence-electron chi connectivity index (χ4n) is 1.86. The molecule has 0 spiro atoms. The van der Waals surface area contributed by atoms with Gasteiger partial charge in [-0.15, -0.1) is 0 Å². The highest BCUT2D eigenvalue weighted by Gasteiger charge is 2.02. The molecule has 2 heteroatoms. The molecule has 0 aliphatic rings. The average molecular weight is 239 g/mol. The molecule has 2 nitrogen and oxygen atoms in total. The lowest BCUT2D eigenvalue weighted by Gasteiger charge is -2.13. The van der Waals surface area contributed by atoms with Crippen molar-refractivity contribution in [2.75, 3.05) is 19.0 Å². The highest BCUT2D eigenvalue weighted by molar-refractivity contribution is 5.94. The lowest BCUT2D eigenvalue weighted by Crippen LogP contribution is -2.08. The van der Waals surface area contributed by atoms with Gasteiger partial charge in [-0.25, -0.2) is 0 Å². The number of carbonyl (C=O) groups is 1. The first-order valence-electron chi connectivity index (χ1n) is 5.96. The van der Waals surface area contributed by atoms with Crippen molar-refractivity contribution in [3.63, 3.8) is 0 Å². The van der Waals surface area contributed by atoms with E-state index in [1.54, 1.807) is 6.92 Å². The molecule has 0 aliphatic carbocycles. The molecule has 2 aromatic rings. The van der Waals surface area contributed by atoms with E-state index in [9.17, 15) is 4.79 Å². The third kappa shape index (κ3) is 2.59. The molecule has 2 rings (SSSR count). The fourth-order valence-corrected chi connectivity index (χ4v) is 1.86. The Balaban J connectivity index is 2.36. The van der Waals surface area contributed by atoms with E-state index >= 15 is 0 Å². The van der Waals surface area contributed by atoms with Crippen molar-refractivity contribution >= 4 is 11.5 Å². The van der Waals surface area contributed by atoms with Gasteiger partial charge in [0.25, 0.3) is 0 Å². The van der Waals surface area contributed by atoms with Gasteiger partial charge in [-0.2, -0.15) is 0 Å². The zero-order valence-corrected chi connectivity index (χ0v) is 11.0.